The van der Waals surface area contributed by atoms with Crippen molar-refractivity contribution in [3.63, 3.8) is 0 Å². The Morgan fingerprint density at radius 1 is 1.30 bits per heavy atom. The zero-order valence-electron chi connectivity index (χ0n) is 11.5. The number of hydrogen-bond donors (Lipinski definition) is 2. The van der Waals surface area contributed by atoms with E-state index in [1.165, 1.54) is 6.92 Å². The Bertz CT molecular complexity index is 568. The minimum absolute atomic E-state index is 0.0879. The minimum atomic E-state index is -0.899. The summed E-state index contributed by atoms with van der Waals surface area (Å²) in [5, 5.41) is 2.63. The summed E-state index contributed by atoms with van der Waals surface area (Å²) in [4.78, 5) is 36.9. The molecule has 0 aliphatic carbocycles. The van der Waals surface area contributed by atoms with Crippen LogP contribution in [0.1, 0.15) is 20.3 Å². The van der Waals surface area contributed by atoms with Crippen LogP contribution in [0.5, 0.6) is 0 Å². The second kappa shape index (κ2) is 4.96. The molecule has 1 aromatic carbocycles. The van der Waals surface area contributed by atoms with E-state index in [0.29, 0.717) is 11.4 Å². The average molecular weight is 275 g/mol. The summed E-state index contributed by atoms with van der Waals surface area (Å²) in [7, 11) is 0. The molecule has 2 rings (SSSR count). The van der Waals surface area contributed by atoms with Crippen molar-refractivity contribution in [1.29, 1.82) is 0 Å². The lowest BCUT2D eigenvalue weighted by Gasteiger charge is -2.28. The van der Waals surface area contributed by atoms with Crippen molar-refractivity contribution in [2.45, 2.75) is 20.3 Å². The Morgan fingerprint density at radius 2 is 1.90 bits per heavy atom. The van der Waals surface area contributed by atoms with Crippen molar-refractivity contribution >= 4 is 29.1 Å². The molecule has 3 amide bonds. The largest absolute Gasteiger partial charge is 0.399 e. The van der Waals surface area contributed by atoms with E-state index >= 15 is 0 Å². The third kappa shape index (κ3) is 2.49. The Hall–Kier alpha value is -2.37. The van der Waals surface area contributed by atoms with Gasteiger partial charge in [-0.3, -0.25) is 19.3 Å². The van der Waals surface area contributed by atoms with E-state index in [2.05, 4.69) is 5.32 Å². The number of rotatable bonds is 2. The van der Waals surface area contributed by atoms with E-state index in [4.69, 9.17) is 5.73 Å². The van der Waals surface area contributed by atoms with Gasteiger partial charge in [-0.05, 0) is 31.2 Å². The third-order valence-corrected chi connectivity index (χ3v) is 3.41. The number of imide groups is 1. The van der Waals surface area contributed by atoms with E-state index in [1.54, 1.807) is 31.2 Å². The maximum atomic E-state index is 12.6. The normalized spacial score (nSPS) is 21.4. The van der Waals surface area contributed by atoms with Crippen LogP contribution in [0.3, 0.4) is 0 Å². The van der Waals surface area contributed by atoms with Gasteiger partial charge in [0.05, 0.1) is 11.1 Å². The number of amides is 3. The highest BCUT2D eigenvalue weighted by molar-refractivity contribution is 6.17. The molecule has 1 saturated heterocycles. The molecule has 1 aliphatic heterocycles. The van der Waals surface area contributed by atoms with Gasteiger partial charge in [-0.25, -0.2) is 0 Å². The summed E-state index contributed by atoms with van der Waals surface area (Å²) < 4.78 is 0. The van der Waals surface area contributed by atoms with Crippen molar-refractivity contribution in [3.8, 4) is 0 Å². The van der Waals surface area contributed by atoms with Gasteiger partial charge in [0, 0.05) is 25.6 Å². The Balaban J connectivity index is 2.34. The van der Waals surface area contributed by atoms with Crippen molar-refractivity contribution < 1.29 is 14.4 Å². The van der Waals surface area contributed by atoms with Gasteiger partial charge in [-0.2, -0.15) is 0 Å². The predicted molar refractivity (Wildman–Crippen MR) is 74.8 cm³/mol. The third-order valence-electron chi connectivity index (χ3n) is 3.41. The molecule has 20 heavy (non-hydrogen) atoms. The van der Waals surface area contributed by atoms with Crippen molar-refractivity contribution in [2.24, 2.45) is 5.41 Å². The number of hydrogen-bond acceptors (Lipinski definition) is 4. The first-order chi connectivity index (χ1) is 9.33. The molecule has 0 radical (unpaired) electrons. The molecular formula is C14H17N3O3. The van der Waals surface area contributed by atoms with Gasteiger partial charge < -0.3 is 11.1 Å². The number of anilines is 2. The highest BCUT2D eigenvalue weighted by Crippen LogP contribution is 2.30. The van der Waals surface area contributed by atoms with Crippen LogP contribution in [0.2, 0.25) is 0 Å². The number of carbonyl (C=O) groups excluding carboxylic acids is 3. The van der Waals surface area contributed by atoms with E-state index in [-0.39, 0.29) is 30.7 Å². The summed E-state index contributed by atoms with van der Waals surface area (Å²) in [6, 6.07) is 6.47. The minimum Gasteiger partial charge on any atom is -0.399 e. The summed E-state index contributed by atoms with van der Waals surface area (Å²) in [6.45, 7) is 3.24. The quantitative estimate of drug-likeness (QED) is 0.776. The first-order valence-corrected chi connectivity index (χ1v) is 6.31. The molecule has 0 saturated carbocycles. The van der Waals surface area contributed by atoms with Crippen LogP contribution in [0.25, 0.3) is 0 Å². The van der Waals surface area contributed by atoms with Crippen LogP contribution in [0.15, 0.2) is 24.3 Å². The molecule has 1 aliphatic rings. The van der Waals surface area contributed by atoms with Gasteiger partial charge in [0.15, 0.2) is 0 Å². The van der Waals surface area contributed by atoms with Gasteiger partial charge in [0.1, 0.15) is 0 Å². The number of benzene rings is 1. The standard InChI is InChI=1S/C14H17N3O3/c1-9(18)17(11-5-3-10(15)4-6-11)13(20)14(2)7-12(19)16-8-14/h3-6H,7-8,15H2,1-2H3,(H,16,19). The van der Waals surface area contributed by atoms with Gasteiger partial charge in [0.25, 0.3) is 0 Å². The Morgan fingerprint density at radius 3 is 2.35 bits per heavy atom. The SMILES string of the molecule is CC(=O)N(C(=O)C1(C)CNC(=O)C1)c1ccc(N)cc1. The molecule has 0 aromatic heterocycles. The smallest absolute Gasteiger partial charge is 0.241 e. The molecular weight excluding hydrogens is 258 g/mol. The molecule has 1 heterocycles. The Labute approximate surface area is 116 Å². The number of nitrogens with one attached hydrogen (secondary N) is 1. The fourth-order valence-corrected chi connectivity index (χ4v) is 2.26. The van der Waals surface area contributed by atoms with Crippen LogP contribution < -0.4 is 16.0 Å². The predicted octanol–water partition coefficient (Wildman–Crippen LogP) is 0.674. The van der Waals surface area contributed by atoms with E-state index < -0.39 is 5.41 Å². The number of nitrogen functional groups attached to an aromatic ring is 1. The highest BCUT2D eigenvalue weighted by atomic mass is 16.2. The first kappa shape index (κ1) is 14.0. The fourth-order valence-electron chi connectivity index (χ4n) is 2.26. The molecule has 0 bridgehead atoms. The second-order valence-electron chi connectivity index (χ2n) is 5.27. The summed E-state index contributed by atoms with van der Waals surface area (Å²) in [5.74, 6) is -0.949. The van der Waals surface area contributed by atoms with Gasteiger partial charge in [0.2, 0.25) is 17.7 Å². The van der Waals surface area contributed by atoms with Crippen LogP contribution in [0, 0.1) is 5.41 Å². The topological polar surface area (TPSA) is 92.5 Å². The van der Waals surface area contributed by atoms with Crippen molar-refractivity contribution in [1.82, 2.24) is 5.32 Å². The molecule has 1 unspecified atom stereocenters. The van der Waals surface area contributed by atoms with Gasteiger partial charge in [-0.1, -0.05) is 0 Å². The maximum absolute atomic E-state index is 12.6. The molecule has 6 heteroatoms. The van der Waals surface area contributed by atoms with Gasteiger partial charge in [-0.15, -0.1) is 0 Å². The average Bonchev–Trinajstić information content (AvgIpc) is 2.73. The maximum Gasteiger partial charge on any atom is 0.241 e. The number of carbonyl (C=O) groups is 3. The molecule has 0 spiro atoms. The van der Waals surface area contributed by atoms with Crippen molar-refractivity contribution in [2.75, 3.05) is 17.2 Å². The summed E-state index contributed by atoms with van der Waals surface area (Å²) in [5.41, 5.74) is 5.71. The van der Waals surface area contributed by atoms with Crippen LogP contribution in [0.4, 0.5) is 11.4 Å². The zero-order chi connectivity index (χ0) is 14.9. The van der Waals surface area contributed by atoms with Crippen LogP contribution in [-0.4, -0.2) is 24.3 Å². The first-order valence-electron chi connectivity index (χ1n) is 6.31. The summed E-state index contributed by atoms with van der Waals surface area (Å²) in [6.07, 6.45) is 0.0879. The highest BCUT2D eigenvalue weighted by Gasteiger charge is 2.44. The second-order valence-corrected chi connectivity index (χ2v) is 5.27. The monoisotopic (exact) mass is 275 g/mol. The number of nitrogens with zero attached hydrogens (tertiary/aromatic N) is 1. The lowest BCUT2D eigenvalue weighted by molar-refractivity contribution is -0.132. The van der Waals surface area contributed by atoms with Crippen molar-refractivity contribution in [3.05, 3.63) is 24.3 Å². The van der Waals surface area contributed by atoms with Crippen LogP contribution in [-0.2, 0) is 14.4 Å². The Kier molecular flexibility index (Phi) is 3.48. The lowest BCUT2D eigenvalue weighted by Crippen LogP contribution is -2.46. The zero-order valence-corrected chi connectivity index (χ0v) is 11.5. The fraction of sp³-hybridized carbons (Fsp3) is 0.357. The molecule has 1 atom stereocenters. The molecule has 1 fully saturated rings. The van der Waals surface area contributed by atoms with Gasteiger partial charge >= 0.3 is 0 Å². The van der Waals surface area contributed by atoms with E-state index in [1.807, 2.05) is 0 Å². The van der Waals surface area contributed by atoms with Crippen LogP contribution >= 0.6 is 0 Å². The molecule has 3 N–H and O–H groups in total. The molecule has 1 aromatic rings. The molecule has 6 nitrogen and oxygen atoms in total. The number of nitrogens with two attached hydrogens (primary N) is 1. The van der Waals surface area contributed by atoms with E-state index in [9.17, 15) is 14.4 Å². The lowest BCUT2D eigenvalue weighted by atomic mass is 9.87. The summed E-state index contributed by atoms with van der Waals surface area (Å²) >= 11 is 0. The molecule has 106 valence electrons. The van der Waals surface area contributed by atoms with E-state index in [0.717, 1.165) is 4.90 Å².